The normalized spacial score (nSPS) is 19.7. The Hall–Kier alpha value is -1.46. The van der Waals surface area contributed by atoms with Crippen molar-refractivity contribution >= 4 is 5.91 Å². The van der Waals surface area contributed by atoms with Gasteiger partial charge in [-0.1, -0.05) is 12.1 Å². The first-order valence-electron chi connectivity index (χ1n) is 6.44. The number of carbonyl (C=O) groups excluding carboxylic acids is 1. The van der Waals surface area contributed by atoms with Crippen molar-refractivity contribution in [3.8, 4) is 0 Å². The lowest BCUT2D eigenvalue weighted by molar-refractivity contribution is -0.130. The van der Waals surface area contributed by atoms with Crippen LogP contribution in [0.15, 0.2) is 24.3 Å². The fourth-order valence-electron chi connectivity index (χ4n) is 2.14. The second-order valence-electron chi connectivity index (χ2n) is 5.02. The number of ether oxygens (including phenoxy) is 1. The second kappa shape index (κ2) is 5.67. The van der Waals surface area contributed by atoms with E-state index in [2.05, 4.69) is 5.32 Å². The monoisotopic (exact) mass is 266 g/mol. The predicted molar refractivity (Wildman–Crippen MR) is 69.9 cm³/mol. The fourth-order valence-corrected chi connectivity index (χ4v) is 2.14. The van der Waals surface area contributed by atoms with Gasteiger partial charge in [-0.25, -0.2) is 4.39 Å². The lowest BCUT2D eigenvalue weighted by Crippen LogP contribution is -2.57. The van der Waals surface area contributed by atoms with E-state index in [1.807, 2.05) is 6.92 Å². The molecule has 5 heteroatoms. The van der Waals surface area contributed by atoms with Gasteiger partial charge in [0.1, 0.15) is 5.82 Å². The summed E-state index contributed by atoms with van der Waals surface area (Å²) in [6, 6.07) is 5.88. The molecule has 3 N–H and O–H groups in total. The molecule has 0 saturated carbocycles. The SMILES string of the molecule is CC(NC(=O)C1(N)CCOCC1)c1ccc(F)cc1. The summed E-state index contributed by atoms with van der Waals surface area (Å²) in [4.78, 5) is 12.2. The van der Waals surface area contributed by atoms with Crippen molar-refractivity contribution in [2.24, 2.45) is 5.73 Å². The Morgan fingerprint density at radius 3 is 2.53 bits per heavy atom. The third kappa shape index (κ3) is 3.30. The van der Waals surface area contributed by atoms with Crippen LogP contribution in [0.4, 0.5) is 4.39 Å². The van der Waals surface area contributed by atoms with Crippen LogP contribution in [0.1, 0.15) is 31.4 Å². The lowest BCUT2D eigenvalue weighted by atomic mass is 9.90. The molecule has 0 radical (unpaired) electrons. The van der Waals surface area contributed by atoms with Crippen LogP contribution in [0.2, 0.25) is 0 Å². The van der Waals surface area contributed by atoms with Crippen molar-refractivity contribution in [2.75, 3.05) is 13.2 Å². The molecular weight excluding hydrogens is 247 g/mol. The predicted octanol–water partition coefficient (Wildman–Crippen LogP) is 1.51. The minimum absolute atomic E-state index is 0.173. The van der Waals surface area contributed by atoms with E-state index in [4.69, 9.17) is 10.5 Å². The first-order chi connectivity index (χ1) is 9.01. The topological polar surface area (TPSA) is 64.4 Å². The van der Waals surface area contributed by atoms with Crippen LogP contribution < -0.4 is 11.1 Å². The number of halogens is 1. The van der Waals surface area contributed by atoms with Crippen molar-refractivity contribution < 1.29 is 13.9 Å². The molecule has 1 unspecified atom stereocenters. The number of hydrogen-bond donors (Lipinski definition) is 2. The van der Waals surface area contributed by atoms with E-state index in [1.54, 1.807) is 12.1 Å². The molecule has 1 fully saturated rings. The van der Waals surface area contributed by atoms with Gasteiger partial charge in [0.05, 0.1) is 11.6 Å². The number of benzene rings is 1. The summed E-state index contributed by atoms with van der Waals surface area (Å²) in [6.45, 7) is 2.87. The summed E-state index contributed by atoms with van der Waals surface area (Å²) < 4.78 is 18.1. The van der Waals surface area contributed by atoms with Crippen molar-refractivity contribution in [1.29, 1.82) is 0 Å². The molecule has 4 nitrogen and oxygen atoms in total. The van der Waals surface area contributed by atoms with Gasteiger partial charge in [-0.05, 0) is 37.5 Å². The summed E-state index contributed by atoms with van der Waals surface area (Å²) in [5.74, 6) is -0.463. The maximum Gasteiger partial charge on any atom is 0.240 e. The maximum absolute atomic E-state index is 12.8. The van der Waals surface area contributed by atoms with Gasteiger partial charge >= 0.3 is 0 Å². The molecule has 1 amide bonds. The zero-order valence-electron chi connectivity index (χ0n) is 11.0. The van der Waals surface area contributed by atoms with Crippen LogP contribution >= 0.6 is 0 Å². The van der Waals surface area contributed by atoms with Gasteiger partial charge < -0.3 is 15.8 Å². The summed E-state index contributed by atoms with van der Waals surface area (Å²) in [5.41, 5.74) is 6.10. The van der Waals surface area contributed by atoms with Crippen molar-refractivity contribution in [3.63, 3.8) is 0 Å². The summed E-state index contributed by atoms with van der Waals surface area (Å²) >= 11 is 0. The lowest BCUT2D eigenvalue weighted by Gasteiger charge is -2.33. The van der Waals surface area contributed by atoms with Gasteiger partial charge in [0.25, 0.3) is 0 Å². The molecule has 1 heterocycles. The highest BCUT2D eigenvalue weighted by Crippen LogP contribution is 2.20. The number of nitrogens with two attached hydrogens (primary N) is 1. The van der Waals surface area contributed by atoms with Crippen LogP contribution in [0.5, 0.6) is 0 Å². The molecule has 1 atom stereocenters. The van der Waals surface area contributed by atoms with E-state index in [0.29, 0.717) is 26.1 Å². The molecule has 1 aromatic rings. The Kier molecular flexibility index (Phi) is 4.17. The summed E-state index contributed by atoms with van der Waals surface area (Å²) in [5, 5.41) is 2.88. The standard InChI is InChI=1S/C14H19FN2O2/c1-10(11-2-4-12(15)5-3-11)17-13(18)14(16)6-8-19-9-7-14/h2-5,10H,6-9,16H2,1H3,(H,17,18). The smallest absolute Gasteiger partial charge is 0.240 e. The van der Waals surface area contributed by atoms with Crippen molar-refractivity contribution in [2.45, 2.75) is 31.3 Å². The van der Waals surface area contributed by atoms with Crippen LogP contribution in [0.3, 0.4) is 0 Å². The molecule has 1 saturated heterocycles. The number of nitrogens with one attached hydrogen (secondary N) is 1. The van der Waals surface area contributed by atoms with Gasteiger partial charge in [-0.15, -0.1) is 0 Å². The first kappa shape index (κ1) is 14.0. The Bertz CT molecular complexity index is 441. The van der Waals surface area contributed by atoms with Gasteiger partial charge in [0.15, 0.2) is 0 Å². The van der Waals surface area contributed by atoms with Gasteiger partial charge in [0.2, 0.25) is 5.91 Å². The fraction of sp³-hybridized carbons (Fsp3) is 0.500. The molecule has 1 aliphatic heterocycles. The number of amides is 1. The quantitative estimate of drug-likeness (QED) is 0.871. The average Bonchev–Trinajstić information content (AvgIpc) is 2.40. The number of rotatable bonds is 3. The Labute approximate surface area is 112 Å². The molecule has 0 spiro atoms. The average molecular weight is 266 g/mol. The van der Waals surface area contributed by atoms with Crippen LogP contribution in [0.25, 0.3) is 0 Å². The molecule has 0 aromatic heterocycles. The third-order valence-electron chi connectivity index (χ3n) is 3.55. The molecular formula is C14H19FN2O2. The zero-order valence-corrected chi connectivity index (χ0v) is 11.0. The molecule has 1 aromatic carbocycles. The number of carbonyl (C=O) groups is 1. The molecule has 0 bridgehead atoms. The van der Waals surface area contributed by atoms with Crippen molar-refractivity contribution in [3.05, 3.63) is 35.6 Å². The molecule has 0 aliphatic carbocycles. The summed E-state index contributed by atoms with van der Waals surface area (Å²) in [6.07, 6.45) is 1.05. The van der Waals surface area contributed by atoms with Crippen LogP contribution in [-0.2, 0) is 9.53 Å². The molecule has 2 rings (SSSR count). The summed E-state index contributed by atoms with van der Waals surface area (Å²) in [7, 11) is 0. The number of hydrogen-bond acceptors (Lipinski definition) is 3. The maximum atomic E-state index is 12.8. The van der Waals surface area contributed by atoms with Gasteiger partial charge in [-0.3, -0.25) is 4.79 Å². The van der Waals surface area contributed by atoms with E-state index in [-0.39, 0.29) is 17.8 Å². The second-order valence-corrected chi connectivity index (χ2v) is 5.02. The highest BCUT2D eigenvalue weighted by molar-refractivity contribution is 5.86. The molecule has 1 aliphatic rings. The van der Waals surface area contributed by atoms with Crippen LogP contribution in [-0.4, -0.2) is 24.7 Å². The molecule has 19 heavy (non-hydrogen) atoms. The first-order valence-corrected chi connectivity index (χ1v) is 6.44. The highest BCUT2D eigenvalue weighted by atomic mass is 19.1. The van der Waals surface area contributed by atoms with Gasteiger partial charge in [0, 0.05) is 13.2 Å². The third-order valence-corrected chi connectivity index (χ3v) is 3.55. The van der Waals surface area contributed by atoms with E-state index in [1.165, 1.54) is 12.1 Å². The van der Waals surface area contributed by atoms with E-state index < -0.39 is 5.54 Å². The highest BCUT2D eigenvalue weighted by Gasteiger charge is 2.36. The van der Waals surface area contributed by atoms with E-state index in [9.17, 15) is 9.18 Å². The molecule has 104 valence electrons. The van der Waals surface area contributed by atoms with Crippen molar-refractivity contribution in [1.82, 2.24) is 5.32 Å². The largest absolute Gasteiger partial charge is 0.381 e. The van der Waals surface area contributed by atoms with Gasteiger partial charge in [-0.2, -0.15) is 0 Å². The minimum atomic E-state index is -0.855. The van der Waals surface area contributed by atoms with E-state index in [0.717, 1.165) is 5.56 Å². The Morgan fingerprint density at radius 1 is 1.37 bits per heavy atom. The van der Waals surface area contributed by atoms with E-state index >= 15 is 0 Å². The van der Waals surface area contributed by atoms with Crippen LogP contribution in [0, 0.1) is 5.82 Å². The minimum Gasteiger partial charge on any atom is -0.381 e. The Morgan fingerprint density at radius 2 is 1.95 bits per heavy atom. The zero-order chi connectivity index (χ0) is 13.9. The Balaban J connectivity index is 2.00.